The molecule has 60 valence electrons. The first-order valence-corrected chi connectivity index (χ1v) is 4.40. The van der Waals surface area contributed by atoms with Crippen LogP contribution in [0.2, 0.25) is 0 Å². The molecule has 4 nitrogen and oxygen atoms in total. The molecule has 0 aromatic rings. The number of nitriles is 1. The molecule has 1 atom stereocenters. The van der Waals surface area contributed by atoms with Crippen molar-refractivity contribution in [1.29, 1.82) is 5.26 Å². The van der Waals surface area contributed by atoms with Crippen LogP contribution >= 0.6 is 0 Å². The molecule has 0 heterocycles. The van der Waals surface area contributed by atoms with E-state index in [0.717, 1.165) is 0 Å². The fourth-order valence-electron chi connectivity index (χ4n) is 0.337. The fraction of sp³-hybridized carbons (Fsp3) is 0.500. The van der Waals surface area contributed by atoms with E-state index in [2.05, 4.69) is 10.6 Å². The lowest BCUT2D eigenvalue weighted by Crippen LogP contribution is -2.31. The van der Waals surface area contributed by atoms with Crippen molar-refractivity contribution in [3.63, 3.8) is 0 Å². The number of nitrogens with zero attached hydrogens (tertiary/aromatic N) is 1. The van der Waals surface area contributed by atoms with Gasteiger partial charge in [-0.3, -0.25) is 0 Å². The lowest BCUT2D eigenvalue weighted by atomic mass is 10.5. The Labute approximate surface area is 66.3 Å². The maximum Gasteiger partial charge on any atom is 0.228 e. The molecule has 11 heavy (non-hydrogen) atoms. The minimum atomic E-state index is -3.53. The van der Waals surface area contributed by atoms with Crippen LogP contribution in [0.3, 0.4) is 0 Å². The highest BCUT2D eigenvalue weighted by Crippen LogP contribution is 1.94. The van der Waals surface area contributed by atoms with E-state index in [0.29, 0.717) is 0 Å². The smallest absolute Gasteiger partial charge is 0.211 e. The largest absolute Gasteiger partial charge is 0.228 e. The summed E-state index contributed by atoms with van der Waals surface area (Å²) in [6, 6.07) is 1.60. The van der Waals surface area contributed by atoms with Crippen molar-refractivity contribution in [2.24, 2.45) is 0 Å². The van der Waals surface area contributed by atoms with E-state index in [4.69, 9.17) is 11.7 Å². The van der Waals surface area contributed by atoms with E-state index in [-0.39, 0.29) is 6.54 Å². The highest BCUT2D eigenvalue weighted by molar-refractivity contribution is 7.90. The van der Waals surface area contributed by atoms with Gasteiger partial charge in [-0.2, -0.15) is 5.26 Å². The van der Waals surface area contributed by atoms with E-state index < -0.39 is 15.3 Å². The third kappa shape index (κ3) is 3.03. The first-order valence-electron chi connectivity index (χ1n) is 2.86. The summed E-state index contributed by atoms with van der Waals surface area (Å²) in [5.41, 5.74) is 0. The van der Waals surface area contributed by atoms with Crippen molar-refractivity contribution in [3.05, 3.63) is 0 Å². The van der Waals surface area contributed by atoms with Gasteiger partial charge in [0.05, 0.1) is 12.6 Å². The Balaban J connectivity index is 4.30. The number of rotatable bonds is 3. The Kier molecular flexibility index (Phi) is 3.59. The van der Waals surface area contributed by atoms with Crippen LogP contribution in [0, 0.1) is 23.7 Å². The Bertz CT molecular complexity index is 294. The van der Waals surface area contributed by atoms with Crippen LogP contribution in [0.4, 0.5) is 0 Å². The molecule has 0 amide bonds. The fourth-order valence-corrected chi connectivity index (χ4v) is 1.01. The Morgan fingerprint density at radius 2 is 2.27 bits per heavy atom. The van der Waals surface area contributed by atoms with Crippen LogP contribution in [0.1, 0.15) is 6.92 Å². The molecule has 0 radical (unpaired) electrons. The van der Waals surface area contributed by atoms with E-state index in [1.54, 1.807) is 6.07 Å². The Hall–Kier alpha value is -1.04. The van der Waals surface area contributed by atoms with E-state index in [1.807, 2.05) is 0 Å². The van der Waals surface area contributed by atoms with Gasteiger partial charge in [-0.05, 0) is 6.92 Å². The Morgan fingerprint density at radius 1 is 1.73 bits per heavy atom. The number of hydrogen-bond acceptors (Lipinski definition) is 3. The van der Waals surface area contributed by atoms with Gasteiger partial charge in [-0.1, -0.05) is 5.92 Å². The predicted octanol–water partition coefficient (Wildman–Crippen LogP) is -0.549. The summed E-state index contributed by atoms with van der Waals surface area (Å²) in [6.07, 6.45) is 4.82. The molecule has 0 saturated carbocycles. The molecular weight excluding hydrogens is 164 g/mol. The predicted molar refractivity (Wildman–Crippen MR) is 40.8 cm³/mol. The monoisotopic (exact) mass is 172 g/mol. The molecule has 0 aliphatic carbocycles. The molecule has 0 fully saturated rings. The van der Waals surface area contributed by atoms with Crippen molar-refractivity contribution < 1.29 is 8.42 Å². The summed E-state index contributed by atoms with van der Waals surface area (Å²) in [5.74, 6) is 2.10. The molecule has 0 rings (SSSR count). The second-order valence-corrected chi connectivity index (χ2v) is 3.93. The second-order valence-electron chi connectivity index (χ2n) is 1.84. The summed E-state index contributed by atoms with van der Waals surface area (Å²) in [6.45, 7) is 1.22. The van der Waals surface area contributed by atoms with Crippen molar-refractivity contribution >= 4 is 10.0 Å². The average molecular weight is 172 g/mol. The minimum Gasteiger partial charge on any atom is -0.211 e. The summed E-state index contributed by atoms with van der Waals surface area (Å²) < 4.78 is 23.9. The normalized spacial score (nSPS) is 13.0. The van der Waals surface area contributed by atoms with Crippen LogP contribution in [0.25, 0.3) is 0 Å². The third-order valence-electron chi connectivity index (χ3n) is 1.02. The van der Waals surface area contributed by atoms with Crippen LogP contribution in [-0.4, -0.2) is 20.2 Å². The second kappa shape index (κ2) is 3.97. The van der Waals surface area contributed by atoms with Crippen LogP contribution in [0.15, 0.2) is 0 Å². The molecule has 0 aliphatic heterocycles. The summed E-state index contributed by atoms with van der Waals surface area (Å²) in [5, 5.41) is 7.19. The molecule has 0 aromatic heterocycles. The van der Waals surface area contributed by atoms with Gasteiger partial charge in [0.25, 0.3) is 0 Å². The molecule has 0 spiro atoms. The first kappa shape index (κ1) is 9.96. The first-order chi connectivity index (χ1) is 5.04. The van der Waals surface area contributed by atoms with Crippen molar-refractivity contribution in [3.8, 4) is 18.4 Å². The quantitative estimate of drug-likeness (QED) is 0.581. The molecule has 5 heteroatoms. The van der Waals surface area contributed by atoms with Gasteiger partial charge in [-0.15, -0.1) is 6.42 Å². The summed E-state index contributed by atoms with van der Waals surface area (Å²) >= 11 is 0. The lowest BCUT2D eigenvalue weighted by molar-refractivity contribution is 0.581. The summed E-state index contributed by atoms with van der Waals surface area (Å²) in [4.78, 5) is 0. The lowest BCUT2D eigenvalue weighted by Gasteiger charge is -2.03. The van der Waals surface area contributed by atoms with E-state index in [1.165, 1.54) is 6.92 Å². The molecule has 1 unspecified atom stereocenters. The highest BCUT2D eigenvalue weighted by atomic mass is 32.2. The zero-order valence-corrected chi connectivity index (χ0v) is 6.85. The molecule has 1 N–H and O–H groups in total. The molecular formula is C6H8N2O2S. The highest BCUT2D eigenvalue weighted by Gasteiger charge is 2.18. The SMILES string of the molecule is C#CCNS(=O)(=O)C(C)C#N. The van der Waals surface area contributed by atoms with Crippen LogP contribution in [0.5, 0.6) is 0 Å². The molecule has 0 bridgehead atoms. The van der Waals surface area contributed by atoms with Gasteiger partial charge < -0.3 is 0 Å². The standard InChI is InChI=1S/C6H8N2O2S/c1-3-4-8-11(9,10)6(2)5-7/h1,6,8H,4H2,2H3. The molecule has 0 aromatic carbocycles. The molecule has 0 aliphatic rings. The van der Waals surface area contributed by atoms with Gasteiger partial charge >= 0.3 is 0 Å². The number of terminal acetylenes is 1. The molecule has 0 saturated heterocycles. The van der Waals surface area contributed by atoms with Crippen molar-refractivity contribution in [2.75, 3.05) is 6.54 Å². The van der Waals surface area contributed by atoms with Gasteiger partial charge in [0, 0.05) is 0 Å². The number of sulfonamides is 1. The zero-order chi connectivity index (χ0) is 8.91. The van der Waals surface area contributed by atoms with Gasteiger partial charge in [0.2, 0.25) is 10.0 Å². The average Bonchev–Trinajstić information content (AvgIpc) is 1.99. The van der Waals surface area contributed by atoms with Gasteiger partial charge in [0.15, 0.2) is 5.25 Å². The van der Waals surface area contributed by atoms with Gasteiger partial charge in [-0.25, -0.2) is 13.1 Å². The van der Waals surface area contributed by atoms with Gasteiger partial charge in [0.1, 0.15) is 0 Å². The van der Waals surface area contributed by atoms with Crippen LogP contribution < -0.4 is 4.72 Å². The van der Waals surface area contributed by atoms with Crippen molar-refractivity contribution in [2.45, 2.75) is 12.2 Å². The topological polar surface area (TPSA) is 70.0 Å². The Morgan fingerprint density at radius 3 is 2.64 bits per heavy atom. The zero-order valence-electron chi connectivity index (χ0n) is 6.03. The summed E-state index contributed by atoms with van der Waals surface area (Å²) in [7, 11) is -3.53. The maximum atomic E-state index is 10.9. The van der Waals surface area contributed by atoms with Crippen LogP contribution in [-0.2, 0) is 10.0 Å². The van der Waals surface area contributed by atoms with Crippen molar-refractivity contribution in [1.82, 2.24) is 4.72 Å². The maximum absolute atomic E-state index is 10.9. The third-order valence-corrected chi connectivity index (χ3v) is 2.61. The van der Waals surface area contributed by atoms with E-state index >= 15 is 0 Å². The number of nitrogens with one attached hydrogen (secondary N) is 1. The number of hydrogen-bond donors (Lipinski definition) is 1. The van der Waals surface area contributed by atoms with E-state index in [9.17, 15) is 8.42 Å². The minimum absolute atomic E-state index is 0.0750.